The summed E-state index contributed by atoms with van der Waals surface area (Å²) in [6.45, 7) is 8.35. The van der Waals surface area contributed by atoms with E-state index in [0.29, 0.717) is 12.1 Å². The Morgan fingerprint density at radius 2 is 1.59 bits per heavy atom. The number of benzene rings is 1. The number of hydrogen-bond donors (Lipinski definition) is 1. The molecule has 1 N–H and O–H groups in total. The summed E-state index contributed by atoms with van der Waals surface area (Å²) in [6, 6.07) is 3.41. The highest BCUT2D eigenvalue weighted by atomic mass is 19.1. The van der Waals surface area contributed by atoms with Crippen molar-refractivity contribution in [2.45, 2.75) is 38.9 Å². The molecule has 0 unspecified atom stereocenters. The van der Waals surface area contributed by atoms with Crippen LogP contribution in [-0.4, -0.2) is 31.9 Å². The SMILES string of the molecule is CNCC(=Cc1cc(F)cc(F)c1)B1OC(C)(C)C(C)(C)O1. The van der Waals surface area contributed by atoms with E-state index in [1.54, 1.807) is 13.1 Å². The minimum Gasteiger partial charge on any atom is -0.400 e. The van der Waals surface area contributed by atoms with Crippen molar-refractivity contribution in [2.75, 3.05) is 13.6 Å². The first kappa shape index (κ1) is 17.1. The second-order valence-corrected chi connectivity index (χ2v) is 6.54. The molecule has 2 rings (SSSR count). The van der Waals surface area contributed by atoms with Crippen molar-refractivity contribution in [3.05, 3.63) is 40.9 Å². The predicted molar refractivity (Wildman–Crippen MR) is 84.3 cm³/mol. The molecule has 1 fully saturated rings. The molecule has 1 saturated heterocycles. The number of nitrogens with one attached hydrogen (secondary N) is 1. The minimum absolute atomic E-state index is 0.442. The van der Waals surface area contributed by atoms with E-state index in [9.17, 15) is 8.78 Å². The van der Waals surface area contributed by atoms with Gasteiger partial charge in [-0.1, -0.05) is 6.08 Å². The van der Waals surface area contributed by atoms with Gasteiger partial charge in [-0.15, -0.1) is 0 Å². The summed E-state index contributed by atoms with van der Waals surface area (Å²) >= 11 is 0. The third kappa shape index (κ3) is 3.56. The fourth-order valence-electron chi connectivity index (χ4n) is 2.27. The quantitative estimate of drug-likeness (QED) is 0.867. The van der Waals surface area contributed by atoms with E-state index in [2.05, 4.69) is 5.32 Å². The van der Waals surface area contributed by atoms with E-state index in [1.807, 2.05) is 27.7 Å². The Morgan fingerprint density at radius 1 is 1.09 bits per heavy atom. The summed E-state index contributed by atoms with van der Waals surface area (Å²) in [7, 11) is 1.24. The van der Waals surface area contributed by atoms with Crippen molar-refractivity contribution < 1.29 is 18.1 Å². The van der Waals surface area contributed by atoms with E-state index in [-0.39, 0.29) is 0 Å². The Balaban J connectivity index is 2.33. The van der Waals surface area contributed by atoms with E-state index < -0.39 is 30.0 Å². The predicted octanol–water partition coefficient (Wildman–Crippen LogP) is 3.20. The first-order valence-electron chi connectivity index (χ1n) is 7.31. The van der Waals surface area contributed by atoms with E-state index in [1.165, 1.54) is 12.1 Å². The third-order valence-electron chi connectivity index (χ3n) is 4.17. The highest BCUT2D eigenvalue weighted by Crippen LogP contribution is 2.38. The summed E-state index contributed by atoms with van der Waals surface area (Å²) in [4.78, 5) is 0. The van der Waals surface area contributed by atoms with Crippen molar-refractivity contribution in [2.24, 2.45) is 0 Å². The number of likely N-dealkylation sites (N-methyl/N-ethyl adjacent to an activating group) is 1. The zero-order valence-electron chi connectivity index (χ0n) is 13.7. The summed E-state index contributed by atoms with van der Waals surface area (Å²) in [5.74, 6) is -1.21. The van der Waals surface area contributed by atoms with Crippen molar-refractivity contribution >= 4 is 13.2 Å². The Kier molecular flexibility index (Phi) is 4.75. The molecule has 3 nitrogen and oxygen atoms in total. The van der Waals surface area contributed by atoms with Crippen LogP contribution in [0.2, 0.25) is 0 Å². The normalized spacial score (nSPS) is 20.5. The van der Waals surface area contributed by atoms with Crippen LogP contribution < -0.4 is 5.32 Å². The molecular weight excluding hydrogens is 287 g/mol. The van der Waals surface area contributed by atoms with Gasteiger partial charge in [-0.05, 0) is 57.9 Å². The third-order valence-corrected chi connectivity index (χ3v) is 4.17. The zero-order chi connectivity index (χ0) is 16.5. The average molecular weight is 309 g/mol. The maximum absolute atomic E-state index is 13.3. The lowest BCUT2D eigenvalue weighted by Crippen LogP contribution is -2.41. The Morgan fingerprint density at radius 3 is 2.05 bits per heavy atom. The van der Waals surface area contributed by atoms with Crippen LogP contribution in [0.25, 0.3) is 6.08 Å². The molecule has 22 heavy (non-hydrogen) atoms. The molecule has 1 heterocycles. The van der Waals surface area contributed by atoms with Gasteiger partial charge in [0.05, 0.1) is 11.2 Å². The fourth-order valence-corrected chi connectivity index (χ4v) is 2.27. The monoisotopic (exact) mass is 309 g/mol. The lowest BCUT2D eigenvalue weighted by Gasteiger charge is -2.32. The molecule has 1 aliphatic rings. The number of halogens is 2. The van der Waals surface area contributed by atoms with Gasteiger partial charge in [-0.25, -0.2) is 8.78 Å². The lowest BCUT2D eigenvalue weighted by atomic mass is 9.77. The molecule has 0 amide bonds. The van der Waals surface area contributed by atoms with Gasteiger partial charge >= 0.3 is 7.12 Å². The van der Waals surface area contributed by atoms with Crippen LogP contribution in [0.3, 0.4) is 0 Å². The molecule has 0 aliphatic carbocycles. The number of hydrogen-bond acceptors (Lipinski definition) is 3. The van der Waals surface area contributed by atoms with Crippen LogP contribution in [0.5, 0.6) is 0 Å². The molecule has 0 saturated carbocycles. The van der Waals surface area contributed by atoms with Crippen molar-refractivity contribution in [1.29, 1.82) is 0 Å². The minimum atomic E-state index is -0.607. The van der Waals surface area contributed by atoms with E-state index in [4.69, 9.17) is 9.31 Å². The standard InChI is InChI=1S/C16H22BF2NO2/c1-15(2)16(3,4)22-17(21-15)12(10-20-5)6-11-7-13(18)9-14(19)8-11/h6-9,20H,10H2,1-5H3. The van der Waals surface area contributed by atoms with Gasteiger partial charge in [0.2, 0.25) is 0 Å². The topological polar surface area (TPSA) is 30.5 Å². The Labute approximate surface area is 130 Å². The second kappa shape index (κ2) is 6.10. The molecule has 0 atom stereocenters. The largest absolute Gasteiger partial charge is 0.491 e. The zero-order valence-corrected chi connectivity index (χ0v) is 13.7. The first-order chi connectivity index (χ1) is 10.1. The van der Waals surface area contributed by atoms with Crippen molar-refractivity contribution in [3.8, 4) is 0 Å². The van der Waals surface area contributed by atoms with E-state index >= 15 is 0 Å². The highest BCUT2D eigenvalue weighted by molar-refractivity contribution is 6.55. The lowest BCUT2D eigenvalue weighted by molar-refractivity contribution is 0.00578. The molecule has 1 aliphatic heterocycles. The van der Waals surface area contributed by atoms with Crippen LogP contribution in [0.4, 0.5) is 8.78 Å². The van der Waals surface area contributed by atoms with Crippen molar-refractivity contribution in [3.63, 3.8) is 0 Å². The molecule has 0 aromatic heterocycles. The van der Waals surface area contributed by atoms with Crippen LogP contribution in [0.1, 0.15) is 33.3 Å². The molecule has 1 aromatic carbocycles. The second-order valence-electron chi connectivity index (χ2n) is 6.54. The van der Waals surface area contributed by atoms with Gasteiger partial charge < -0.3 is 14.6 Å². The van der Waals surface area contributed by atoms with Crippen LogP contribution >= 0.6 is 0 Å². The summed E-state index contributed by atoms with van der Waals surface area (Å²) in [5, 5.41) is 3.03. The highest BCUT2D eigenvalue weighted by Gasteiger charge is 2.52. The van der Waals surface area contributed by atoms with Crippen LogP contribution in [-0.2, 0) is 9.31 Å². The van der Waals surface area contributed by atoms with Gasteiger partial charge in [0.25, 0.3) is 0 Å². The van der Waals surface area contributed by atoms with Crippen molar-refractivity contribution in [1.82, 2.24) is 5.32 Å². The first-order valence-corrected chi connectivity index (χ1v) is 7.31. The molecule has 0 bridgehead atoms. The molecule has 1 aromatic rings. The summed E-state index contributed by atoms with van der Waals surface area (Å²) < 4.78 is 38.7. The molecule has 0 spiro atoms. The van der Waals surface area contributed by atoms with E-state index in [0.717, 1.165) is 11.5 Å². The maximum atomic E-state index is 13.3. The summed E-state index contributed by atoms with van der Waals surface area (Å²) in [5.41, 5.74) is 0.304. The molecular formula is C16H22BF2NO2. The van der Waals surface area contributed by atoms with Gasteiger partial charge in [-0.2, -0.15) is 0 Å². The number of rotatable bonds is 4. The summed E-state index contributed by atoms with van der Waals surface area (Å²) in [6.07, 6.45) is 1.70. The molecule has 120 valence electrons. The van der Waals surface area contributed by atoms with Gasteiger partial charge in [-0.3, -0.25) is 0 Å². The van der Waals surface area contributed by atoms with Gasteiger partial charge in [0, 0.05) is 12.6 Å². The Hall–Kier alpha value is -1.24. The molecule has 6 heteroatoms. The van der Waals surface area contributed by atoms with Crippen LogP contribution in [0.15, 0.2) is 23.7 Å². The molecule has 0 radical (unpaired) electrons. The maximum Gasteiger partial charge on any atom is 0.491 e. The van der Waals surface area contributed by atoms with Gasteiger partial charge in [0.1, 0.15) is 11.6 Å². The average Bonchev–Trinajstić information content (AvgIpc) is 2.56. The smallest absolute Gasteiger partial charge is 0.400 e. The van der Waals surface area contributed by atoms with Gasteiger partial charge in [0.15, 0.2) is 0 Å². The Bertz CT molecular complexity index is 551. The fraction of sp³-hybridized carbons (Fsp3) is 0.500. The van der Waals surface area contributed by atoms with Crippen LogP contribution in [0, 0.1) is 11.6 Å².